The van der Waals surface area contributed by atoms with Gasteiger partial charge in [-0.1, -0.05) is 29.3 Å². The Hall–Kier alpha value is -3.72. The zero-order valence-electron chi connectivity index (χ0n) is 19.3. The molecule has 8 nitrogen and oxygen atoms in total. The fourth-order valence-corrected chi connectivity index (χ4v) is 3.76. The van der Waals surface area contributed by atoms with Gasteiger partial charge in [-0.05, 0) is 56.3 Å². The molecule has 4 rings (SSSR count). The maximum absolute atomic E-state index is 13.4. The molecule has 0 aliphatic heterocycles. The van der Waals surface area contributed by atoms with E-state index in [4.69, 9.17) is 32.4 Å². The van der Waals surface area contributed by atoms with Crippen molar-refractivity contribution in [2.24, 2.45) is 4.99 Å². The summed E-state index contributed by atoms with van der Waals surface area (Å²) in [6, 6.07) is 12.7. The number of esters is 1. The lowest BCUT2D eigenvalue weighted by Crippen LogP contribution is -2.22. The Morgan fingerprint density at radius 1 is 1.14 bits per heavy atom. The molecule has 0 fully saturated rings. The molecule has 1 amide bonds. The topological polar surface area (TPSA) is 114 Å². The van der Waals surface area contributed by atoms with Crippen molar-refractivity contribution in [2.75, 3.05) is 11.9 Å². The first kappa shape index (κ1) is 25.4. The Kier molecular flexibility index (Phi) is 7.69. The Bertz CT molecular complexity index is 1550. The number of carbonyl (C=O) groups is 2. The van der Waals surface area contributed by atoms with E-state index in [-0.39, 0.29) is 29.4 Å². The van der Waals surface area contributed by atoms with Gasteiger partial charge in [0.25, 0.3) is 5.91 Å². The number of pyridine rings is 1. The normalized spacial score (nSPS) is 11.5. The van der Waals surface area contributed by atoms with Gasteiger partial charge in [0.2, 0.25) is 5.55 Å². The molecule has 2 N–H and O–H groups in total. The van der Waals surface area contributed by atoms with Crippen LogP contribution in [0.3, 0.4) is 0 Å². The van der Waals surface area contributed by atoms with Crippen molar-refractivity contribution in [1.82, 2.24) is 4.98 Å². The summed E-state index contributed by atoms with van der Waals surface area (Å²) in [4.78, 5) is 34.3. The summed E-state index contributed by atoms with van der Waals surface area (Å²) >= 11 is 12.1. The van der Waals surface area contributed by atoms with Crippen LogP contribution in [0.5, 0.6) is 0 Å². The minimum atomic E-state index is -0.530. The van der Waals surface area contributed by atoms with Crippen LogP contribution >= 0.6 is 23.2 Å². The van der Waals surface area contributed by atoms with E-state index in [0.717, 1.165) is 0 Å². The van der Waals surface area contributed by atoms with Crippen LogP contribution in [0.1, 0.15) is 38.9 Å². The van der Waals surface area contributed by atoms with Gasteiger partial charge >= 0.3 is 5.97 Å². The highest BCUT2D eigenvalue weighted by molar-refractivity contribution is 6.42. The molecule has 0 aliphatic rings. The van der Waals surface area contributed by atoms with Gasteiger partial charge in [0.05, 0.1) is 40.2 Å². The van der Waals surface area contributed by atoms with E-state index in [1.54, 1.807) is 50.2 Å². The average molecular weight is 526 g/mol. The first-order chi connectivity index (χ1) is 17.3. The Balaban J connectivity index is 1.89. The van der Waals surface area contributed by atoms with Crippen LogP contribution in [0.4, 0.5) is 11.4 Å². The second-order valence-corrected chi connectivity index (χ2v) is 8.52. The predicted molar refractivity (Wildman–Crippen MR) is 137 cm³/mol. The molecule has 184 valence electrons. The van der Waals surface area contributed by atoms with Crippen LogP contribution in [-0.2, 0) is 11.3 Å². The van der Waals surface area contributed by atoms with E-state index in [9.17, 15) is 14.7 Å². The molecule has 10 heteroatoms. The van der Waals surface area contributed by atoms with Crippen molar-refractivity contribution in [1.29, 1.82) is 0 Å². The highest BCUT2D eigenvalue weighted by atomic mass is 35.5. The monoisotopic (exact) mass is 525 g/mol. The smallest absolute Gasteiger partial charge is 0.338 e. The number of benzene rings is 2. The number of carbonyl (C=O) groups excluding carboxylic acids is 2. The van der Waals surface area contributed by atoms with Gasteiger partial charge in [-0.15, -0.1) is 0 Å². The molecule has 0 unspecified atom stereocenters. The maximum Gasteiger partial charge on any atom is 0.338 e. The predicted octanol–water partition coefficient (Wildman–Crippen LogP) is 5.60. The minimum Gasteiger partial charge on any atom is -0.462 e. The van der Waals surface area contributed by atoms with Crippen LogP contribution in [0.2, 0.25) is 10.0 Å². The van der Waals surface area contributed by atoms with Gasteiger partial charge in [-0.2, -0.15) is 0 Å². The summed E-state index contributed by atoms with van der Waals surface area (Å²) in [5.74, 6) is -1.02. The standard InChI is InChI=1S/C26H21Cl2N3O5/c1-3-35-26(34)15-5-4-6-17(9-15)31-25-20(24(33)30-18-7-8-21(27)22(28)10-18)11-19-16(13-32)12-29-14(2)23(19)36-25/h4-12,32H,3,13H2,1-2H3,(H,30,33). The average Bonchev–Trinajstić information content (AvgIpc) is 2.87. The number of nitrogens with zero attached hydrogens (tertiary/aromatic N) is 2. The number of aromatic nitrogens is 1. The molecule has 0 aliphatic carbocycles. The first-order valence-electron chi connectivity index (χ1n) is 10.9. The number of ether oxygens (including phenoxy) is 1. The van der Waals surface area contributed by atoms with Crippen molar-refractivity contribution < 1.29 is 23.8 Å². The van der Waals surface area contributed by atoms with Crippen LogP contribution in [0, 0.1) is 6.92 Å². The van der Waals surface area contributed by atoms with E-state index < -0.39 is 11.9 Å². The number of nitrogens with one attached hydrogen (secondary N) is 1. The number of amides is 1. The minimum absolute atomic E-state index is 0.0129. The largest absolute Gasteiger partial charge is 0.462 e. The Morgan fingerprint density at radius 3 is 2.67 bits per heavy atom. The summed E-state index contributed by atoms with van der Waals surface area (Å²) in [6.07, 6.45) is 1.52. The van der Waals surface area contributed by atoms with Crippen molar-refractivity contribution in [2.45, 2.75) is 20.5 Å². The van der Waals surface area contributed by atoms with E-state index in [1.165, 1.54) is 18.3 Å². The molecule has 0 bridgehead atoms. The van der Waals surface area contributed by atoms with Crippen LogP contribution in [0.25, 0.3) is 11.0 Å². The third-order valence-electron chi connectivity index (χ3n) is 5.23. The molecular weight excluding hydrogens is 505 g/mol. The first-order valence-corrected chi connectivity index (χ1v) is 11.7. The van der Waals surface area contributed by atoms with Gasteiger partial charge < -0.3 is 19.6 Å². The number of anilines is 1. The lowest BCUT2D eigenvalue weighted by molar-refractivity contribution is 0.0526. The molecule has 2 heterocycles. The number of aryl methyl sites for hydroxylation is 1. The van der Waals surface area contributed by atoms with Crippen LogP contribution in [0.15, 0.2) is 64.1 Å². The Labute approximate surface area is 216 Å². The van der Waals surface area contributed by atoms with Crippen molar-refractivity contribution in [3.63, 3.8) is 0 Å². The zero-order valence-corrected chi connectivity index (χ0v) is 20.9. The van der Waals surface area contributed by atoms with Crippen LogP contribution in [-0.4, -0.2) is 28.6 Å². The van der Waals surface area contributed by atoms with Crippen LogP contribution < -0.4 is 10.9 Å². The van der Waals surface area contributed by atoms with Gasteiger partial charge in [0, 0.05) is 22.8 Å². The fourth-order valence-electron chi connectivity index (χ4n) is 3.47. The SMILES string of the molecule is CCOC(=O)c1cccc(N=c2oc3c(C)ncc(CO)c3cc2C(=O)Nc2ccc(Cl)c(Cl)c2)c1. The molecule has 0 saturated carbocycles. The lowest BCUT2D eigenvalue weighted by Gasteiger charge is -2.10. The third kappa shape index (κ3) is 5.41. The number of hydrogen-bond acceptors (Lipinski definition) is 7. The molecule has 36 heavy (non-hydrogen) atoms. The number of rotatable bonds is 6. The second-order valence-electron chi connectivity index (χ2n) is 7.70. The van der Waals surface area contributed by atoms with Gasteiger partial charge in [-0.25, -0.2) is 9.79 Å². The molecular formula is C26H21Cl2N3O5. The van der Waals surface area contributed by atoms with Gasteiger partial charge in [-0.3, -0.25) is 9.78 Å². The number of halogens is 2. The molecule has 0 atom stereocenters. The summed E-state index contributed by atoms with van der Waals surface area (Å²) in [6.45, 7) is 3.40. The summed E-state index contributed by atoms with van der Waals surface area (Å²) in [5, 5.41) is 13.7. The molecule has 4 aromatic rings. The highest BCUT2D eigenvalue weighted by Crippen LogP contribution is 2.26. The van der Waals surface area contributed by atoms with E-state index in [0.29, 0.717) is 44.2 Å². The molecule has 0 saturated heterocycles. The third-order valence-corrected chi connectivity index (χ3v) is 5.97. The Morgan fingerprint density at radius 2 is 1.94 bits per heavy atom. The number of aliphatic hydroxyl groups is 1. The summed E-state index contributed by atoms with van der Waals surface area (Å²) in [7, 11) is 0. The zero-order chi connectivity index (χ0) is 25.8. The van der Waals surface area contributed by atoms with Gasteiger partial charge in [0.15, 0.2) is 5.58 Å². The molecule has 0 spiro atoms. The maximum atomic E-state index is 13.4. The fraction of sp³-hybridized carbons (Fsp3) is 0.154. The van der Waals surface area contributed by atoms with Gasteiger partial charge in [0.1, 0.15) is 5.56 Å². The molecule has 2 aromatic heterocycles. The highest BCUT2D eigenvalue weighted by Gasteiger charge is 2.17. The van der Waals surface area contributed by atoms with E-state index >= 15 is 0 Å². The molecule has 2 aromatic carbocycles. The van der Waals surface area contributed by atoms with E-state index in [1.807, 2.05) is 0 Å². The summed E-state index contributed by atoms with van der Waals surface area (Å²) in [5.41, 5.74) is 2.58. The lowest BCUT2D eigenvalue weighted by atomic mass is 10.1. The number of fused-ring (bicyclic) bond motifs is 1. The second kappa shape index (κ2) is 10.9. The van der Waals surface area contributed by atoms with E-state index in [2.05, 4.69) is 15.3 Å². The number of hydrogen-bond donors (Lipinski definition) is 2. The van der Waals surface area contributed by atoms with Crippen molar-refractivity contribution in [3.05, 3.63) is 92.7 Å². The molecule has 0 radical (unpaired) electrons. The summed E-state index contributed by atoms with van der Waals surface area (Å²) < 4.78 is 11.1. The quantitative estimate of drug-likeness (QED) is 0.317. The number of aliphatic hydroxyl groups excluding tert-OH is 1. The van der Waals surface area contributed by atoms with Crippen molar-refractivity contribution in [3.8, 4) is 0 Å². The van der Waals surface area contributed by atoms with Crippen molar-refractivity contribution >= 4 is 57.4 Å².